The van der Waals surface area contributed by atoms with Crippen molar-refractivity contribution >= 4 is 37.3 Å². The van der Waals surface area contributed by atoms with Gasteiger partial charge in [0.05, 0.1) is 10.5 Å². The van der Waals surface area contributed by atoms with Gasteiger partial charge in [-0.2, -0.15) is 0 Å². The van der Waals surface area contributed by atoms with Gasteiger partial charge in [0.15, 0.2) is 0 Å². The van der Waals surface area contributed by atoms with Crippen molar-refractivity contribution in [2.75, 3.05) is 0 Å². The smallest absolute Gasteiger partial charge is 0.338 e. The second kappa shape index (κ2) is 6.11. The minimum Gasteiger partial charge on any atom is -0.459 e. The van der Waals surface area contributed by atoms with Gasteiger partial charge in [-0.3, -0.25) is 0 Å². The average molecular weight is 325 g/mol. The zero-order valence-corrected chi connectivity index (χ0v) is 13.0. The van der Waals surface area contributed by atoms with E-state index in [0.717, 1.165) is 6.07 Å². The molecule has 1 aromatic rings. The third kappa shape index (κ3) is 4.67. The molecule has 0 heterocycles. The van der Waals surface area contributed by atoms with Crippen LogP contribution in [0.3, 0.4) is 0 Å². The van der Waals surface area contributed by atoms with E-state index in [1.807, 2.05) is 13.8 Å². The van der Waals surface area contributed by atoms with Gasteiger partial charge in [-0.1, -0.05) is 25.4 Å². The maximum Gasteiger partial charge on any atom is 0.338 e. The molecule has 7 heteroatoms. The van der Waals surface area contributed by atoms with Crippen LogP contribution in [0, 0.1) is 5.92 Å². The Bertz CT molecular complexity index is 581. The Labute approximate surface area is 122 Å². The van der Waals surface area contributed by atoms with Crippen LogP contribution in [0.1, 0.15) is 31.1 Å². The summed E-state index contributed by atoms with van der Waals surface area (Å²) in [7, 11) is 1.28. The van der Waals surface area contributed by atoms with Crippen LogP contribution in [-0.2, 0) is 13.8 Å². The summed E-state index contributed by atoms with van der Waals surface area (Å²) in [6.07, 6.45) is -0.289. The summed E-state index contributed by atoms with van der Waals surface area (Å²) in [6.45, 7) is 5.57. The minimum absolute atomic E-state index is 0.0548. The Hall–Kier alpha value is -0.780. The van der Waals surface area contributed by atoms with Gasteiger partial charge in [-0.05, 0) is 31.0 Å². The second-order valence-corrected chi connectivity index (χ2v) is 7.47. The molecule has 0 aromatic heterocycles. The van der Waals surface area contributed by atoms with Crippen LogP contribution >= 0.6 is 22.3 Å². The summed E-state index contributed by atoms with van der Waals surface area (Å²) in [6, 6.07) is 3.65. The molecule has 19 heavy (non-hydrogen) atoms. The molecule has 0 saturated carbocycles. The summed E-state index contributed by atoms with van der Waals surface area (Å²) in [4.78, 5) is 11.6. The van der Waals surface area contributed by atoms with Crippen LogP contribution < -0.4 is 0 Å². The zero-order valence-electron chi connectivity index (χ0n) is 10.7. The molecule has 0 radical (unpaired) electrons. The average Bonchev–Trinajstić information content (AvgIpc) is 2.26. The number of benzene rings is 1. The monoisotopic (exact) mass is 324 g/mol. The number of ether oxygens (including phenoxy) is 1. The standard InChI is InChI=1S/C12H14Cl2O4S/c1-7(2)8(3)18-12(15)9-4-10(13)6-11(5-9)19(14,16)17/h4-8H,1-3H3. The molecule has 106 valence electrons. The number of hydrogen-bond acceptors (Lipinski definition) is 4. The highest BCUT2D eigenvalue weighted by atomic mass is 35.7. The Morgan fingerprint density at radius 3 is 2.26 bits per heavy atom. The fraction of sp³-hybridized carbons (Fsp3) is 0.417. The molecule has 1 rings (SSSR count). The van der Waals surface area contributed by atoms with Gasteiger partial charge in [0.1, 0.15) is 6.10 Å². The normalized spacial score (nSPS) is 13.4. The Balaban J connectivity index is 3.08. The molecule has 0 saturated heterocycles. The lowest BCUT2D eigenvalue weighted by Gasteiger charge is -2.16. The number of rotatable bonds is 4. The molecule has 0 spiro atoms. The van der Waals surface area contributed by atoms with E-state index in [4.69, 9.17) is 27.0 Å². The van der Waals surface area contributed by atoms with E-state index >= 15 is 0 Å². The first-order chi connectivity index (χ1) is 8.61. The molecule has 0 fully saturated rings. The van der Waals surface area contributed by atoms with Crippen LogP contribution in [-0.4, -0.2) is 20.5 Å². The predicted molar refractivity (Wildman–Crippen MR) is 74.2 cm³/mol. The highest BCUT2D eigenvalue weighted by Gasteiger charge is 2.19. The largest absolute Gasteiger partial charge is 0.459 e. The van der Waals surface area contributed by atoms with Crippen molar-refractivity contribution in [1.29, 1.82) is 0 Å². The third-order valence-corrected chi connectivity index (χ3v) is 4.17. The van der Waals surface area contributed by atoms with E-state index in [9.17, 15) is 13.2 Å². The lowest BCUT2D eigenvalue weighted by Crippen LogP contribution is -2.20. The molecule has 4 nitrogen and oxygen atoms in total. The molecule has 0 aliphatic heterocycles. The van der Waals surface area contributed by atoms with Crippen molar-refractivity contribution in [3.63, 3.8) is 0 Å². The Kier molecular flexibility index (Phi) is 5.24. The third-order valence-electron chi connectivity index (χ3n) is 2.62. The van der Waals surface area contributed by atoms with Gasteiger partial charge in [0.2, 0.25) is 0 Å². The lowest BCUT2D eigenvalue weighted by molar-refractivity contribution is 0.0238. The number of halogens is 2. The predicted octanol–water partition coefficient (Wildman–Crippen LogP) is 3.47. The molecular weight excluding hydrogens is 311 g/mol. The minimum atomic E-state index is -3.95. The first-order valence-electron chi connectivity index (χ1n) is 5.57. The van der Waals surface area contributed by atoms with Crippen LogP contribution in [0.25, 0.3) is 0 Å². The van der Waals surface area contributed by atoms with E-state index in [-0.39, 0.29) is 27.5 Å². The quantitative estimate of drug-likeness (QED) is 0.628. The molecule has 1 unspecified atom stereocenters. The van der Waals surface area contributed by atoms with Crippen LogP contribution in [0.2, 0.25) is 5.02 Å². The van der Waals surface area contributed by atoms with E-state index in [1.54, 1.807) is 6.92 Å². The fourth-order valence-electron chi connectivity index (χ4n) is 1.19. The highest BCUT2D eigenvalue weighted by Crippen LogP contribution is 2.23. The first-order valence-corrected chi connectivity index (χ1v) is 8.26. The topological polar surface area (TPSA) is 60.4 Å². The summed E-state index contributed by atoms with van der Waals surface area (Å²) < 4.78 is 27.7. The molecule has 0 aliphatic carbocycles. The maximum absolute atomic E-state index is 11.9. The van der Waals surface area contributed by atoms with Crippen molar-refractivity contribution in [2.45, 2.75) is 31.8 Å². The number of esters is 1. The van der Waals surface area contributed by atoms with Gasteiger partial charge in [0, 0.05) is 15.7 Å². The first kappa shape index (κ1) is 16.3. The highest BCUT2D eigenvalue weighted by molar-refractivity contribution is 8.13. The van der Waals surface area contributed by atoms with Crippen LogP contribution in [0.4, 0.5) is 0 Å². The molecule has 0 amide bonds. The van der Waals surface area contributed by atoms with E-state index < -0.39 is 15.0 Å². The molecule has 0 N–H and O–H groups in total. The Morgan fingerprint density at radius 2 is 1.79 bits per heavy atom. The second-order valence-electron chi connectivity index (χ2n) is 4.47. The van der Waals surface area contributed by atoms with Gasteiger partial charge in [0.25, 0.3) is 9.05 Å². The molecule has 0 bridgehead atoms. The lowest BCUT2D eigenvalue weighted by atomic mass is 10.1. The maximum atomic E-state index is 11.9. The van der Waals surface area contributed by atoms with Crippen molar-refractivity contribution < 1.29 is 17.9 Å². The number of carbonyl (C=O) groups is 1. The SMILES string of the molecule is CC(C)C(C)OC(=O)c1cc(Cl)cc(S(=O)(=O)Cl)c1. The van der Waals surface area contributed by atoms with Crippen LogP contribution in [0.5, 0.6) is 0 Å². The summed E-state index contributed by atoms with van der Waals surface area (Å²) in [5.41, 5.74) is 0.0548. The van der Waals surface area contributed by atoms with E-state index in [2.05, 4.69) is 0 Å². The number of carbonyl (C=O) groups excluding carboxylic acids is 1. The molecule has 1 aromatic carbocycles. The number of hydrogen-bond donors (Lipinski definition) is 0. The molecule has 1 atom stereocenters. The van der Waals surface area contributed by atoms with Gasteiger partial charge in [-0.15, -0.1) is 0 Å². The van der Waals surface area contributed by atoms with Crippen LogP contribution in [0.15, 0.2) is 23.1 Å². The van der Waals surface area contributed by atoms with E-state index in [1.165, 1.54) is 12.1 Å². The zero-order chi connectivity index (χ0) is 14.8. The Morgan fingerprint density at radius 1 is 1.21 bits per heavy atom. The van der Waals surface area contributed by atoms with Gasteiger partial charge in [-0.25, -0.2) is 13.2 Å². The van der Waals surface area contributed by atoms with Crippen molar-refractivity contribution in [1.82, 2.24) is 0 Å². The fourth-order valence-corrected chi connectivity index (χ4v) is 2.30. The summed E-state index contributed by atoms with van der Waals surface area (Å²) >= 11 is 5.77. The summed E-state index contributed by atoms with van der Waals surface area (Å²) in [5, 5.41) is 0.103. The molecule has 0 aliphatic rings. The van der Waals surface area contributed by atoms with Crippen molar-refractivity contribution in [3.8, 4) is 0 Å². The summed E-state index contributed by atoms with van der Waals surface area (Å²) in [5.74, 6) is -0.482. The molecular formula is C12H14Cl2O4S. The van der Waals surface area contributed by atoms with Crippen molar-refractivity contribution in [2.24, 2.45) is 5.92 Å². The van der Waals surface area contributed by atoms with Gasteiger partial charge < -0.3 is 4.74 Å². The van der Waals surface area contributed by atoms with Gasteiger partial charge >= 0.3 is 5.97 Å². The van der Waals surface area contributed by atoms with E-state index in [0.29, 0.717) is 0 Å². The van der Waals surface area contributed by atoms with Crippen molar-refractivity contribution in [3.05, 3.63) is 28.8 Å².